The third-order valence-electron chi connectivity index (χ3n) is 1.95. The number of nitrogens with one attached hydrogen (secondary N) is 1. The Bertz CT molecular complexity index is 376. The summed E-state index contributed by atoms with van der Waals surface area (Å²) >= 11 is 1.62. The lowest BCUT2D eigenvalue weighted by Gasteiger charge is -2.06. The molecule has 0 saturated heterocycles. The van der Waals surface area contributed by atoms with E-state index in [2.05, 4.69) is 10.3 Å². The van der Waals surface area contributed by atoms with Crippen LogP contribution < -0.4 is 5.32 Å². The van der Waals surface area contributed by atoms with Gasteiger partial charge in [-0.2, -0.15) is 0 Å². The quantitative estimate of drug-likeness (QED) is 0.770. The molecule has 0 spiro atoms. The standard InChI is InChI=1S/C10H11FN2S/c1-7-2-3-9(8(11)6-7)13-10-12-4-5-14-10/h2-3,6H,4-5H2,1H3,(H,12,13). The first-order valence-corrected chi connectivity index (χ1v) is 5.45. The van der Waals surface area contributed by atoms with Gasteiger partial charge in [0.2, 0.25) is 0 Å². The molecule has 0 atom stereocenters. The normalized spacial score (nSPS) is 15.4. The van der Waals surface area contributed by atoms with Crippen LogP contribution in [0.15, 0.2) is 23.2 Å². The number of hydrogen-bond acceptors (Lipinski definition) is 3. The number of nitrogens with zero attached hydrogens (tertiary/aromatic N) is 1. The first-order valence-electron chi connectivity index (χ1n) is 4.46. The van der Waals surface area contributed by atoms with Crippen LogP contribution in [0, 0.1) is 12.7 Å². The molecule has 4 heteroatoms. The number of benzene rings is 1. The number of aryl methyl sites for hydroxylation is 1. The van der Waals surface area contributed by atoms with Gasteiger partial charge in [-0.3, -0.25) is 4.99 Å². The number of rotatable bonds is 1. The Morgan fingerprint density at radius 2 is 2.36 bits per heavy atom. The largest absolute Gasteiger partial charge is 0.333 e. The van der Waals surface area contributed by atoms with Gasteiger partial charge in [0.1, 0.15) is 5.82 Å². The molecule has 0 saturated carbocycles. The van der Waals surface area contributed by atoms with E-state index in [4.69, 9.17) is 0 Å². The predicted octanol–water partition coefficient (Wildman–Crippen LogP) is 2.65. The van der Waals surface area contributed by atoms with Crippen molar-refractivity contribution in [2.75, 3.05) is 17.6 Å². The Morgan fingerprint density at radius 1 is 1.50 bits per heavy atom. The van der Waals surface area contributed by atoms with Gasteiger partial charge >= 0.3 is 0 Å². The molecule has 0 radical (unpaired) electrons. The van der Waals surface area contributed by atoms with Crippen molar-refractivity contribution in [1.29, 1.82) is 0 Å². The number of aliphatic imine (C=N–C) groups is 1. The molecule has 0 aliphatic carbocycles. The van der Waals surface area contributed by atoms with E-state index < -0.39 is 0 Å². The summed E-state index contributed by atoms with van der Waals surface area (Å²) in [6.45, 7) is 2.69. The first-order chi connectivity index (χ1) is 6.75. The molecule has 74 valence electrons. The summed E-state index contributed by atoms with van der Waals surface area (Å²) in [5, 5.41) is 3.79. The monoisotopic (exact) mass is 210 g/mol. The predicted molar refractivity (Wildman–Crippen MR) is 59.5 cm³/mol. The van der Waals surface area contributed by atoms with Crippen molar-refractivity contribution >= 4 is 22.6 Å². The maximum absolute atomic E-state index is 13.4. The van der Waals surface area contributed by atoms with Gasteiger partial charge in [-0.15, -0.1) is 0 Å². The highest BCUT2D eigenvalue weighted by Gasteiger charge is 2.09. The van der Waals surface area contributed by atoms with Crippen LogP contribution in [0.5, 0.6) is 0 Å². The van der Waals surface area contributed by atoms with Gasteiger partial charge in [0, 0.05) is 5.75 Å². The molecule has 1 aliphatic rings. The molecule has 14 heavy (non-hydrogen) atoms. The number of thioether (sulfide) groups is 1. The third kappa shape index (κ3) is 2.07. The Balaban J connectivity index is 2.16. The Kier molecular flexibility index (Phi) is 2.72. The van der Waals surface area contributed by atoms with Crippen molar-refractivity contribution in [2.45, 2.75) is 6.92 Å². The molecule has 0 amide bonds. The van der Waals surface area contributed by atoms with Gasteiger partial charge in [-0.05, 0) is 24.6 Å². The molecule has 0 bridgehead atoms. The van der Waals surface area contributed by atoms with Crippen LogP contribution in [0.4, 0.5) is 10.1 Å². The summed E-state index contributed by atoms with van der Waals surface area (Å²) in [5.41, 5.74) is 1.43. The van der Waals surface area contributed by atoms with E-state index in [9.17, 15) is 4.39 Å². The van der Waals surface area contributed by atoms with Crippen molar-refractivity contribution in [2.24, 2.45) is 4.99 Å². The molecule has 1 aromatic rings. The van der Waals surface area contributed by atoms with Crippen molar-refractivity contribution in [3.8, 4) is 0 Å². The van der Waals surface area contributed by atoms with Crippen LogP contribution >= 0.6 is 11.8 Å². The summed E-state index contributed by atoms with van der Waals surface area (Å²) in [6, 6.07) is 5.14. The zero-order valence-electron chi connectivity index (χ0n) is 7.88. The van der Waals surface area contributed by atoms with E-state index in [0.29, 0.717) is 5.69 Å². The molecule has 1 aliphatic heterocycles. The topological polar surface area (TPSA) is 24.4 Å². The molecule has 2 nitrogen and oxygen atoms in total. The highest BCUT2D eigenvalue weighted by molar-refractivity contribution is 8.14. The minimum atomic E-state index is -0.222. The van der Waals surface area contributed by atoms with Gasteiger partial charge in [0.05, 0.1) is 12.2 Å². The van der Waals surface area contributed by atoms with Crippen LogP contribution in [0.3, 0.4) is 0 Å². The molecule has 2 rings (SSSR count). The van der Waals surface area contributed by atoms with E-state index in [0.717, 1.165) is 23.0 Å². The summed E-state index contributed by atoms with van der Waals surface area (Å²) in [5.74, 6) is 0.760. The summed E-state index contributed by atoms with van der Waals surface area (Å²) < 4.78 is 13.4. The molecular weight excluding hydrogens is 199 g/mol. The van der Waals surface area contributed by atoms with Crippen molar-refractivity contribution < 1.29 is 4.39 Å². The zero-order valence-corrected chi connectivity index (χ0v) is 8.70. The molecular formula is C10H11FN2S. The second-order valence-corrected chi connectivity index (χ2v) is 4.23. The van der Waals surface area contributed by atoms with Crippen molar-refractivity contribution in [1.82, 2.24) is 0 Å². The summed E-state index contributed by atoms with van der Waals surface area (Å²) in [4.78, 5) is 4.20. The Labute approximate surface area is 86.6 Å². The fourth-order valence-electron chi connectivity index (χ4n) is 1.25. The number of hydrogen-bond donors (Lipinski definition) is 1. The van der Waals surface area contributed by atoms with E-state index in [1.807, 2.05) is 13.0 Å². The fourth-order valence-corrected chi connectivity index (χ4v) is 1.99. The molecule has 0 unspecified atom stereocenters. The van der Waals surface area contributed by atoms with Gasteiger partial charge in [0.25, 0.3) is 0 Å². The van der Waals surface area contributed by atoms with Gasteiger partial charge in [-0.1, -0.05) is 17.8 Å². The SMILES string of the molecule is Cc1ccc(NC2=NCCS2)c(F)c1. The lowest BCUT2D eigenvalue weighted by atomic mass is 10.2. The van der Waals surface area contributed by atoms with Crippen molar-refractivity contribution in [3.05, 3.63) is 29.6 Å². The van der Waals surface area contributed by atoms with Crippen LogP contribution in [0.25, 0.3) is 0 Å². The van der Waals surface area contributed by atoms with Crippen LogP contribution in [-0.4, -0.2) is 17.5 Å². The molecule has 0 fully saturated rings. The van der Waals surface area contributed by atoms with Gasteiger partial charge < -0.3 is 5.32 Å². The molecule has 1 heterocycles. The minimum Gasteiger partial charge on any atom is -0.333 e. The minimum absolute atomic E-state index is 0.222. The summed E-state index contributed by atoms with van der Waals surface area (Å²) in [7, 11) is 0. The molecule has 1 aromatic carbocycles. The number of anilines is 1. The average molecular weight is 210 g/mol. The smallest absolute Gasteiger partial charge is 0.161 e. The first kappa shape index (κ1) is 9.52. The second kappa shape index (κ2) is 4.00. The maximum atomic E-state index is 13.4. The van der Waals surface area contributed by atoms with Gasteiger partial charge in [-0.25, -0.2) is 4.39 Å². The fraction of sp³-hybridized carbons (Fsp3) is 0.300. The number of amidine groups is 1. The maximum Gasteiger partial charge on any atom is 0.161 e. The Hall–Kier alpha value is -1.03. The molecule has 1 N–H and O–H groups in total. The highest BCUT2D eigenvalue weighted by atomic mass is 32.2. The number of halogens is 1. The highest BCUT2D eigenvalue weighted by Crippen LogP contribution is 2.19. The van der Waals surface area contributed by atoms with E-state index in [-0.39, 0.29) is 5.82 Å². The van der Waals surface area contributed by atoms with Crippen LogP contribution in [0.2, 0.25) is 0 Å². The average Bonchev–Trinajstić information content (AvgIpc) is 2.62. The van der Waals surface area contributed by atoms with E-state index in [1.165, 1.54) is 6.07 Å². The Morgan fingerprint density at radius 3 is 3.00 bits per heavy atom. The van der Waals surface area contributed by atoms with E-state index in [1.54, 1.807) is 17.8 Å². The molecule has 0 aromatic heterocycles. The third-order valence-corrected chi connectivity index (χ3v) is 2.84. The summed E-state index contributed by atoms with van der Waals surface area (Å²) in [6.07, 6.45) is 0. The van der Waals surface area contributed by atoms with E-state index >= 15 is 0 Å². The van der Waals surface area contributed by atoms with Crippen molar-refractivity contribution in [3.63, 3.8) is 0 Å². The van der Waals surface area contributed by atoms with Crippen LogP contribution in [-0.2, 0) is 0 Å². The second-order valence-electron chi connectivity index (χ2n) is 3.14. The van der Waals surface area contributed by atoms with Gasteiger partial charge in [0.15, 0.2) is 5.17 Å². The lowest BCUT2D eigenvalue weighted by Crippen LogP contribution is -2.06. The lowest BCUT2D eigenvalue weighted by molar-refractivity contribution is 0.631. The zero-order chi connectivity index (χ0) is 9.97. The van der Waals surface area contributed by atoms with Crippen LogP contribution in [0.1, 0.15) is 5.56 Å².